The highest BCUT2D eigenvalue weighted by atomic mass is 16.7. The minimum absolute atomic E-state index is 0.0171. The van der Waals surface area contributed by atoms with Gasteiger partial charge in [-0.1, -0.05) is 13.8 Å². The summed E-state index contributed by atoms with van der Waals surface area (Å²) in [7, 11) is 0. The minimum atomic E-state index is -1.18. The van der Waals surface area contributed by atoms with Crippen LogP contribution in [0.5, 0.6) is 0 Å². The number of aliphatic hydroxyl groups is 1. The molecule has 142 valence electrons. The molecule has 26 heavy (non-hydrogen) atoms. The van der Waals surface area contributed by atoms with Crippen LogP contribution in [0.4, 0.5) is 0 Å². The Balaban J connectivity index is 1.58. The zero-order valence-electron chi connectivity index (χ0n) is 15.3. The summed E-state index contributed by atoms with van der Waals surface area (Å²) in [5.41, 5.74) is -1.74. The molecule has 0 amide bonds. The Labute approximate surface area is 152 Å². The van der Waals surface area contributed by atoms with Crippen molar-refractivity contribution in [3.8, 4) is 0 Å². The van der Waals surface area contributed by atoms with Gasteiger partial charge in [0.05, 0.1) is 19.3 Å². The molecule has 3 aliphatic carbocycles. The molecule has 0 aromatic rings. The van der Waals surface area contributed by atoms with E-state index < -0.39 is 22.9 Å². The van der Waals surface area contributed by atoms with Crippen LogP contribution in [0.3, 0.4) is 0 Å². The maximum absolute atomic E-state index is 13.3. The Kier molecular flexibility index (Phi) is 2.79. The largest absolute Gasteiger partial charge is 0.461 e. The molecule has 0 radical (unpaired) electrons. The molecule has 3 aliphatic heterocycles. The van der Waals surface area contributed by atoms with E-state index in [1.54, 1.807) is 0 Å². The molecule has 6 rings (SSSR count). The first kappa shape index (κ1) is 16.0. The van der Waals surface area contributed by atoms with Crippen LogP contribution in [0.15, 0.2) is 0 Å². The van der Waals surface area contributed by atoms with Crippen molar-refractivity contribution in [3.63, 3.8) is 0 Å². The van der Waals surface area contributed by atoms with Crippen molar-refractivity contribution in [1.82, 2.24) is 0 Å². The van der Waals surface area contributed by atoms with Gasteiger partial charge in [0.25, 0.3) is 0 Å². The Morgan fingerprint density at radius 1 is 1.15 bits per heavy atom. The van der Waals surface area contributed by atoms with E-state index in [2.05, 4.69) is 6.92 Å². The molecule has 6 aliphatic rings. The summed E-state index contributed by atoms with van der Waals surface area (Å²) in [6, 6.07) is 0. The molecule has 3 heterocycles. The number of carbonyl (C=O) groups excluding carboxylic acids is 2. The topological polar surface area (TPSA) is 82.1 Å². The lowest BCUT2D eigenvalue weighted by Crippen LogP contribution is -2.70. The predicted octanol–water partition coefficient (Wildman–Crippen LogP) is 1.29. The van der Waals surface area contributed by atoms with Crippen molar-refractivity contribution < 1.29 is 28.9 Å². The zero-order chi connectivity index (χ0) is 18.1. The van der Waals surface area contributed by atoms with Gasteiger partial charge in [0, 0.05) is 23.2 Å². The van der Waals surface area contributed by atoms with Crippen molar-refractivity contribution in [1.29, 1.82) is 0 Å². The van der Waals surface area contributed by atoms with Crippen molar-refractivity contribution in [2.45, 2.75) is 58.0 Å². The Hall–Kier alpha value is -0.980. The van der Waals surface area contributed by atoms with Gasteiger partial charge in [-0.3, -0.25) is 9.59 Å². The molecule has 3 saturated heterocycles. The molecule has 0 aromatic heterocycles. The van der Waals surface area contributed by atoms with Crippen LogP contribution in [0, 0.1) is 39.9 Å². The van der Waals surface area contributed by atoms with E-state index in [0.717, 1.165) is 12.8 Å². The molecule has 2 spiro atoms. The summed E-state index contributed by atoms with van der Waals surface area (Å²) in [5, 5.41) is 11.2. The first-order valence-electron chi connectivity index (χ1n) is 10.0. The van der Waals surface area contributed by atoms with Crippen molar-refractivity contribution in [3.05, 3.63) is 0 Å². The molecular weight excluding hydrogens is 336 g/mol. The number of ether oxygens (including phenoxy) is 3. The van der Waals surface area contributed by atoms with E-state index >= 15 is 0 Å². The van der Waals surface area contributed by atoms with E-state index in [9.17, 15) is 14.7 Å². The fourth-order valence-electron chi connectivity index (χ4n) is 8.07. The highest BCUT2D eigenvalue weighted by Gasteiger charge is 2.80. The second-order valence-electron chi connectivity index (χ2n) is 10.0. The van der Waals surface area contributed by atoms with Crippen LogP contribution < -0.4 is 0 Å². The third kappa shape index (κ3) is 1.44. The number of fused-ring (bicyclic) bond motifs is 1. The van der Waals surface area contributed by atoms with Crippen LogP contribution in [-0.4, -0.2) is 48.6 Å². The van der Waals surface area contributed by atoms with E-state index in [0.29, 0.717) is 26.1 Å². The highest BCUT2D eigenvalue weighted by molar-refractivity contribution is 6.08. The second kappa shape index (κ2) is 4.53. The quantitative estimate of drug-likeness (QED) is 0.517. The van der Waals surface area contributed by atoms with Gasteiger partial charge in [-0.05, 0) is 37.0 Å². The molecule has 0 aromatic carbocycles. The molecule has 10 atom stereocenters. The predicted molar refractivity (Wildman–Crippen MR) is 87.7 cm³/mol. The SMILES string of the molecule is CC1C(=O)C23CC1CC(O)C2C12COC4OCC(C)(CCC1OC3=O)C42. The molecule has 1 N–H and O–H groups in total. The number of ketones is 1. The van der Waals surface area contributed by atoms with Crippen molar-refractivity contribution >= 4 is 11.8 Å². The molecule has 2 bridgehead atoms. The number of hydrogen-bond acceptors (Lipinski definition) is 6. The Morgan fingerprint density at radius 3 is 2.73 bits per heavy atom. The maximum atomic E-state index is 13.3. The number of carbonyl (C=O) groups is 2. The standard InChI is InChI=1S/C20H26O6/c1-9-10-5-11(21)13-19(6-10,15(9)22)17(23)26-12-3-4-18(2)7-24-16-14(18)20(12,13)8-25-16/h9-14,16,21H,3-8H2,1-2H3. The third-order valence-electron chi connectivity index (χ3n) is 9.05. The normalized spacial score (nSPS) is 62.5. The van der Waals surface area contributed by atoms with Gasteiger partial charge in [0.1, 0.15) is 11.5 Å². The first-order chi connectivity index (χ1) is 12.3. The minimum Gasteiger partial charge on any atom is -0.461 e. The van der Waals surface area contributed by atoms with E-state index in [-0.39, 0.29) is 47.3 Å². The zero-order valence-corrected chi connectivity index (χ0v) is 15.3. The average molecular weight is 362 g/mol. The van der Waals surface area contributed by atoms with Gasteiger partial charge in [-0.25, -0.2) is 0 Å². The molecular formula is C20H26O6. The number of aliphatic hydroxyl groups excluding tert-OH is 1. The molecule has 6 nitrogen and oxygen atoms in total. The van der Waals surface area contributed by atoms with Gasteiger partial charge in [-0.15, -0.1) is 0 Å². The summed E-state index contributed by atoms with van der Waals surface area (Å²) >= 11 is 0. The lowest BCUT2D eigenvalue weighted by molar-refractivity contribution is -0.246. The molecule has 3 saturated carbocycles. The van der Waals surface area contributed by atoms with Crippen LogP contribution in [0.2, 0.25) is 0 Å². The van der Waals surface area contributed by atoms with Gasteiger partial charge in [0.15, 0.2) is 12.1 Å². The smallest absolute Gasteiger partial charge is 0.320 e. The molecule has 10 unspecified atom stereocenters. The van der Waals surface area contributed by atoms with Crippen LogP contribution in [0.1, 0.15) is 39.5 Å². The fourth-order valence-corrected chi connectivity index (χ4v) is 8.07. The van der Waals surface area contributed by atoms with Gasteiger partial charge in [0.2, 0.25) is 0 Å². The number of esters is 1. The van der Waals surface area contributed by atoms with Crippen molar-refractivity contribution in [2.75, 3.05) is 13.2 Å². The van der Waals surface area contributed by atoms with Crippen LogP contribution in [0.25, 0.3) is 0 Å². The highest BCUT2D eigenvalue weighted by Crippen LogP contribution is 2.72. The third-order valence-corrected chi connectivity index (χ3v) is 9.05. The summed E-state index contributed by atoms with van der Waals surface area (Å²) in [4.78, 5) is 26.5. The van der Waals surface area contributed by atoms with Crippen LogP contribution >= 0.6 is 0 Å². The monoisotopic (exact) mass is 362 g/mol. The van der Waals surface area contributed by atoms with E-state index in [1.807, 2.05) is 6.92 Å². The summed E-state index contributed by atoms with van der Waals surface area (Å²) in [6.45, 7) is 5.18. The number of Topliss-reactive ketones (excluding diaryl/α,β-unsaturated/α-hetero) is 1. The van der Waals surface area contributed by atoms with Gasteiger partial charge >= 0.3 is 5.97 Å². The van der Waals surface area contributed by atoms with E-state index in [4.69, 9.17) is 14.2 Å². The van der Waals surface area contributed by atoms with E-state index in [1.165, 1.54) is 0 Å². The Bertz CT molecular complexity index is 721. The lowest BCUT2D eigenvalue weighted by Gasteiger charge is -2.61. The summed E-state index contributed by atoms with van der Waals surface area (Å²) < 4.78 is 18.1. The lowest BCUT2D eigenvalue weighted by atomic mass is 9.44. The van der Waals surface area contributed by atoms with Gasteiger partial charge in [-0.2, -0.15) is 0 Å². The molecule has 6 heteroatoms. The Morgan fingerprint density at radius 2 is 1.92 bits per heavy atom. The van der Waals surface area contributed by atoms with Gasteiger partial charge < -0.3 is 19.3 Å². The number of rotatable bonds is 0. The first-order valence-corrected chi connectivity index (χ1v) is 10.0. The fraction of sp³-hybridized carbons (Fsp3) is 0.900. The summed E-state index contributed by atoms with van der Waals surface area (Å²) in [5.74, 6) is -0.867. The average Bonchev–Trinajstić information content (AvgIpc) is 3.22. The number of hydrogen-bond donors (Lipinski definition) is 1. The van der Waals surface area contributed by atoms with Crippen LogP contribution in [-0.2, 0) is 23.8 Å². The van der Waals surface area contributed by atoms with Crippen molar-refractivity contribution in [2.24, 2.45) is 39.9 Å². The summed E-state index contributed by atoms with van der Waals surface area (Å²) in [6.07, 6.45) is 1.53. The molecule has 6 fully saturated rings. The second-order valence-corrected chi connectivity index (χ2v) is 10.0. The maximum Gasteiger partial charge on any atom is 0.320 e.